The first kappa shape index (κ1) is 26.4. The largest absolute Gasteiger partial charge is 0.489 e. The molecule has 0 bridgehead atoms. The van der Waals surface area contributed by atoms with Gasteiger partial charge in [-0.25, -0.2) is 9.67 Å². The van der Waals surface area contributed by atoms with Crippen molar-refractivity contribution in [2.24, 2.45) is 0 Å². The minimum Gasteiger partial charge on any atom is -0.489 e. The van der Waals surface area contributed by atoms with E-state index in [9.17, 15) is 13.2 Å². The molecule has 0 N–H and O–H groups in total. The summed E-state index contributed by atoms with van der Waals surface area (Å²) in [4.78, 5) is 4.60. The van der Waals surface area contributed by atoms with Gasteiger partial charge < -0.3 is 4.74 Å². The number of ether oxygens (including phenoxy) is 1. The molecule has 0 radical (unpaired) electrons. The Hall–Kier alpha value is -3.26. The lowest BCUT2D eigenvalue weighted by Crippen LogP contribution is -2.08. The minimum absolute atomic E-state index is 0.0606. The van der Waals surface area contributed by atoms with Crippen LogP contribution in [0.25, 0.3) is 28.0 Å². The molecule has 0 saturated heterocycles. The van der Waals surface area contributed by atoms with Gasteiger partial charge in [-0.05, 0) is 74.0 Å². The first-order valence-corrected chi connectivity index (χ1v) is 12.6. The summed E-state index contributed by atoms with van der Waals surface area (Å²) >= 11 is 18.7. The van der Waals surface area contributed by atoms with Gasteiger partial charge in [-0.1, -0.05) is 46.9 Å². The summed E-state index contributed by atoms with van der Waals surface area (Å²) in [6.45, 7) is 3.51. The molecule has 0 saturated carbocycles. The molecule has 0 aliphatic heterocycles. The molecule has 0 unspecified atom stereocenters. The van der Waals surface area contributed by atoms with E-state index in [4.69, 9.17) is 39.5 Å². The van der Waals surface area contributed by atoms with Crippen molar-refractivity contribution < 1.29 is 17.9 Å². The third kappa shape index (κ3) is 5.06. The van der Waals surface area contributed by atoms with E-state index in [0.29, 0.717) is 37.6 Å². The average Bonchev–Trinajstić information content (AvgIpc) is 3.21. The SMILES string of the molecule is Cc1ccc(-n2nc(C)c3c(C(F)(F)F)cc(-c4ccc(OCc5c(Cl)cccc5Cl)cc4)nc32)cc1Cl. The maximum absolute atomic E-state index is 14.2. The molecule has 5 rings (SSSR count). The molecule has 5 aromatic rings. The van der Waals surface area contributed by atoms with E-state index >= 15 is 0 Å². The fourth-order valence-corrected chi connectivity index (χ4v) is 4.78. The molecular formula is C28H19Cl3F3N3O. The zero-order valence-corrected chi connectivity index (χ0v) is 22.3. The number of pyridine rings is 1. The highest BCUT2D eigenvalue weighted by atomic mass is 35.5. The first-order chi connectivity index (χ1) is 18.0. The van der Waals surface area contributed by atoms with Gasteiger partial charge in [0, 0.05) is 26.2 Å². The number of aryl methyl sites for hydroxylation is 2. The smallest absolute Gasteiger partial charge is 0.417 e. The van der Waals surface area contributed by atoms with Crippen LogP contribution in [0.2, 0.25) is 15.1 Å². The highest BCUT2D eigenvalue weighted by Gasteiger charge is 2.36. The lowest BCUT2D eigenvalue weighted by Gasteiger charge is -2.13. The van der Waals surface area contributed by atoms with Crippen molar-refractivity contribution in [3.63, 3.8) is 0 Å². The molecule has 38 heavy (non-hydrogen) atoms. The normalized spacial score (nSPS) is 11.8. The number of halogens is 6. The average molecular weight is 577 g/mol. The number of rotatable bonds is 5. The van der Waals surface area contributed by atoms with Crippen LogP contribution in [0.4, 0.5) is 13.2 Å². The Morgan fingerprint density at radius 3 is 2.18 bits per heavy atom. The predicted octanol–water partition coefficient (Wildman–Crippen LogP) is 9.26. The van der Waals surface area contributed by atoms with Crippen LogP contribution < -0.4 is 4.74 Å². The van der Waals surface area contributed by atoms with E-state index in [-0.39, 0.29) is 29.0 Å². The molecule has 10 heteroatoms. The van der Waals surface area contributed by atoms with Gasteiger partial charge >= 0.3 is 6.18 Å². The second kappa shape index (κ2) is 10.1. The summed E-state index contributed by atoms with van der Waals surface area (Å²) in [7, 11) is 0. The van der Waals surface area contributed by atoms with Crippen LogP contribution in [0.1, 0.15) is 22.4 Å². The molecule has 0 aliphatic rings. The molecule has 2 heterocycles. The number of hydrogen-bond donors (Lipinski definition) is 0. The van der Waals surface area contributed by atoms with E-state index < -0.39 is 11.7 Å². The van der Waals surface area contributed by atoms with E-state index in [0.717, 1.165) is 11.6 Å². The highest BCUT2D eigenvalue weighted by molar-refractivity contribution is 6.36. The number of aromatic nitrogens is 3. The van der Waals surface area contributed by atoms with Gasteiger partial charge in [-0.3, -0.25) is 0 Å². The summed E-state index contributed by atoms with van der Waals surface area (Å²) < 4.78 is 49.7. The first-order valence-electron chi connectivity index (χ1n) is 11.4. The molecule has 0 aliphatic carbocycles. The van der Waals surface area contributed by atoms with Crippen molar-refractivity contribution in [3.05, 3.63) is 104 Å². The second-order valence-corrected chi connectivity index (χ2v) is 9.92. The van der Waals surface area contributed by atoms with Crippen LogP contribution in [-0.2, 0) is 12.8 Å². The van der Waals surface area contributed by atoms with Crippen molar-refractivity contribution in [3.8, 4) is 22.7 Å². The Morgan fingerprint density at radius 2 is 1.55 bits per heavy atom. The topological polar surface area (TPSA) is 39.9 Å². The second-order valence-electron chi connectivity index (χ2n) is 8.70. The maximum atomic E-state index is 14.2. The van der Waals surface area contributed by atoms with Gasteiger partial charge in [0.25, 0.3) is 0 Å². The molecule has 0 amide bonds. The molecule has 0 spiro atoms. The van der Waals surface area contributed by atoms with Crippen molar-refractivity contribution in [1.29, 1.82) is 0 Å². The van der Waals surface area contributed by atoms with Crippen molar-refractivity contribution in [2.75, 3.05) is 0 Å². The molecule has 3 aromatic carbocycles. The Labute approximate surface area is 231 Å². The fourth-order valence-electron chi connectivity index (χ4n) is 4.10. The standard InChI is InChI=1S/C28H19Cl3F3N3O/c1-15-6-9-18(12-24(15)31)37-27-26(16(2)36-37)21(28(32,33)34)13-25(35-27)17-7-10-19(11-8-17)38-14-20-22(29)4-3-5-23(20)30/h3-13H,14H2,1-2H3. The molecule has 0 atom stereocenters. The number of hydrogen-bond acceptors (Lipinski definition) is 3. The number of benzene rings is 3. The van der Waals surface area contributed by atoms with Gasteiger partial charge in [0.2, 0.25) is 0 Å². The zero-order valence-electron chi connectivity index (χ0n) is 20.1. The van der Waals surface area contributed by atoms with Crippen LogP contribution >= 0.6 is 34.8 Å². The van der Waals surface area contributed by atoms with Crippen LogP contribution in [0.3, 0.4) is 0 Å². The Bertz CT molecular complexity index is 1640. The van der Waals surface area contributed by atoms with E-state index in [1.54, 1.807) is 60.7 Å². The van der Waals surface area contributed by atoms with E-state index in [2.05, 4.69) is 10.1 Å². The van der Waals surface area contributed by atoms with Gasteiger partial charge in [-0.15, -0.1) is 0 Å². The predicted molar refractivity (Wildman–Crippen MR) is 145 cm³/mol. The Balaban J connectivity index is 1.55. The third-order valence-electron chi connectivity index (χ3n) is 6.11. The van der Waals surface area contributed by atoms with Crippen molar-refractivity contribution in [2.45, 2.75) is 26.6 Å². The van der Waals surface area contributed by atoms with Gasteiger partial charge in [-0.2, -0.15) is 18.3 Å². The summed E-state index contributed by atoms with van der Waals surface area (Å²) in [5.74, 6) is 0.497. The fraction of sp³-hybridized carbons (Fsp3) is 0.143. The van der Waals surface area contributed by atoms with Crippen LogP contribution in [0, 0.1) is 13.8 Å². The lowest BCUT2D eigenvalue weighted by molar-refractivity contribution is -0.136. The number of fused-ring (bicyclic) bond motifs is 1. The number of nitrogens with zero attached hydrogens (tertiary/aromatic N) is 3. The molecule has 0 fully saturated rings. The third-order valence-corrected chi connectivity index (χ3v) is 7.23. The van der Waals surface area contributed by atoms with Crippen molar-refractivity contribution >= 4 is 45.8 Å². The molecule has 194 valence electrons. The minimum atomic E-state index is -4.61. The summed E-state index contributed by atoms with van der Waals surface area (Å²) in [6.07, 6.45) is -4.61. The van der Waals surface area contributed by atoms with Crippen molar-refractivity contribution in [1.82, 2.24) is 14.8 Å². The van der Waals surface area contributed by atoms with Gasteiger partial charge in [0.1, 0.15) is 12.4 Å². The van der Waals surface area contributed by atoms with E-state index in [1.165, 1.54) is 11.6 Å². The molecule has 2 aromatic heterocycles. The quantitative estimate of drug-likeness (QED) is 0.209. The van der Waals surface area contributed by atoms with Crippen LogP contribution in [0.15, 0.2) is 66.7 Å². The maximum Gasteiger partial charge on any atom is 0.417 e. The lowest BCUT2D eigenvalue weighted by atomic mass is 10.0. The Morgan fingerprint density at radius 1 is 0.868 bits per heavy atom. The monoisotopic (exact) mass is 575 g/mol. The Kier molecular flexibility index (Phi) is 7.03. The highest BCUT2D eigenvalue weighted by Crippen LogP contribution is 2.39. The number of alkyl halides is 3. The molecule has 4 nitrogen and oxygen atoms in total. The van der Waals surface area contributed by atoms with Crippen LogP contribution in [0.5, 0.6) is 5.75 Å². The summed E-state index contributed by atoms with van der Waals surface area (Å²) in [5.41, 5.74) is 2.10. The van der Waals surface area contributed by atoms with Crippen LogP contribution in [-0.4, -0.2) is 14.8 Å². The summed E-state index contributed by atoms with van der Waals surface area (Å²) in [5, 5.41) is 5.75. The van der Waals surface area contributed by atoms with Gasteiger partial charge in [0.15, 0.2) is 5.65 Å². The summed E-state index contributed by atoms with van der Waals surface area (Å²) in [6, 6.07) is 18.0. The van der Waals surface area contributed by atoms with E-state index in [1.807, 2.05) is 6.92 Å². The molecular weight excluding hydrogens is 558 g/mol. The van der Waals surface area contributed by atoms with Gasteiger partial charge in [0.05, 0.1) is 28.0 Å². The zero-order chi connectivity index (χ0) is 27.2.